The van der Waals surface area contributed by atoms with Gasteiger partial charge in [0.1, 0.15) is 0 Å². The molecule has 5 nitrogen and oxygen atoms in total. The molecule has 2 aliphatic rings. The summed E-state index contributed by atoms with van der Waals surface area (Å²) in [5.74, 6) is 1.11. The van der Waals surface area contributed by atoms with E-state index in [4.69, 9.17) is 23.7 Å². The van der Waals surface area contributed by atoms with Gasteiger partial charge in [-0.3, -0.25) is 0 Å². The monoisotopic (exact) mass is 454 g/mol. The second-order valence-corrected chi connectivity index (χ2v) is 9.24. The minimum atomic E-state index is 0.296. The molecule has 2 aliphatic heterocycles. The van der Waals surface area contributed by atoms with E-state index in [1.165, 1.54) is 22.3 Å². The Bertz CT molecular complexity index is 742. The number of hydrogen-bond acceptors (Lipinski definition) is 5. The summed E-state index contributed by atoms with van der Waals surface area (Å²) in [6.45, 7) is 10.2. The topological polar surface area (TPSA) is 46.2 Å². The van der Waals surface area contributed by atoms with Crippen LogP contribution in [0.2, 0.25) is 0 Å². The molecule has 2 aromatic rings. The van der Waals surface area contributed by atoms with Gasteiger partial charge >= 0.3 is 0 Å². The van der Waals surface area contributed by atoms with Crippen molar-refractivity contribution in [3.8, 4) is 0 Å². The first-order chi connectivity index (χ1) is 16.2. The minimum Gasteiger partial charge on any atom is -0.380 e. The van der Waals surface area contributed by atoms with Crippen molar-refractivity contribution in [3.63, 3.8) is 0 Å². The highest BCUT2D eigenvalue weighted by Crippen LogP contribution is 2.22. The van der Waals surface area contributed by atoms with Crippen LogP contribution in [0, 0.1) is 11.8 Å². The van der Waals surface area contributed by atoms with Crippen LogP contribution in [-0.4, -0.2) is 38.6 Å². The van der Waals surface area contributed by atoms with Gasteiger partial charge < -0.3 is 23.7 Å². The lowest BCUT2D eigenvalue weighted by Gasteiger charge is -2.33. The van der Waals surface area contributed by atoms with Crippen molar-refractivity contribution in [3.05, 3.63) is 70.8 Å². The second kappa shape index (κ2) is 12.6. The summed E-state index contributed by atoms with van der Waals surface area (Å²) >= 11 is 0. The molecule has 2 heterocycles. The average Bonchev–Trinajstić information content (AvgIpc) is 2.78. The van der Waals surface area contributed by atoms with Crippen molar-refractivity contribution in [2.45, 2.75) is 65.3 Å². The third kappa shape index (κ3) is 7.11. The van der Waals surface area contributed by atoms with Crippen LogP contribution >= 0.6 is 0 Å². The molecule has 180 valence electrons. The highest BCUT2D eigenvalue weighted by atomic mass is 16.5. The van der Waals surface area contributed by atoms with Crippen molar-refractivity contribution >= 4 is 0 Å². The molecule has 2 saturated heterocycles. The molecule has 2 fully saturated rings. The molecule has 0 amide bonds. The lowest BCUT2D eigenvalue weighted by atomic mass is 9.98. The quantitative estimate of drug-likeness (QED) is 0.388. The molecule has 0 spiro atoms. The van der Waals surface area contributed by atoms with Crippen LogP contribution in [0.3, 0.4) is 0 Å². The lowest BCUT2D eigenvalue weighted by Crippen LogP contribution is -2.39. The van der Waals surface area contributed by atoms with E-state index in [1.54, 1.807) is 0 Å². The SMILES string of the molecule is CCC(OCc1ccc(COCc2ccc(COC(CC)C3COC3)cc2)cc1)C1COC1. The van der Waals surface area contributed by atoms with Gasteiger partial charge in [0.15, 0.2) is 0 Å². The van der Waals surface area contributed by atoms with Crippen LogP contribution in [-0.2, 0) is 50.1 Å². The van der Waals surface area contributed by atoms with E-state index in [0.717, 1.165) is 39.3 Å². The summed E-state index contributed by atoms with van der Waals surface area (Å²) in [4.78, 5) is 0. The molecule has 0 N–H and O–H groups in total. The van der Waals surface area contributed by atoms with Crippen LogP contribution < -0.4 is 0 Å². The van der Waals surface area contributed by atoms with Gasteiger partial charge in [-0.25, -0.2) is 0 Å². The number of ether oxygens (including phenoxy) is 5. The summed E-state index contributed by atoms with van der Waals surface area (Å²) in [6, 6.07) is 17.1. The highest BCUT2D eigenvalue weighted by molar-refractivity contribution is 5.23. The molecule has 2 aromatic carbocycles. The smallest absolute Gasteiger partial charge is 0.0721 e. The van der Waals surface area contributed by atoms with Gasteiger partial charge in [0, 0.05) is 11.8 Å². The fourth-order valence-corrected chi connectivity index (χ4v) is 4.27. The molecule has 33 heavy (non-hydrogen) atoms. The van der Waals surface area contributed by atoms with E-state index in [2.05, 4.69) is 62.4 Å². The van der Waals surface area contributed by atoms with Crippen molar-refractivity contribution in [1.29, 1.82) is 0 Å². The summed E-state index contributed by atoms with van der Waals surface area (Å²) < 4.78 is 28.7. The maximum atomic E-state index is 6.10. The molecular weight excluding hydrogens is 416 g/mol. The molecule has 2 unspecified atom stereocenters. The first-order valence-corrected chi connectivity index (χ1v) is 12.4. The normalized spacial score (nSPS) is 18.5. The maximum Gasteiger partial charge on any atom is 0.0721 e. The van der Waals surface area contributed by atoms with E-state index in [9.17, 15) is 0 Å². The summed E-state index contributed by atoms with van der Waals surface area (Å²) in [6.07, 6.45) is 2.65. The Balaban J connectivity index is 1.14. The van der Waals surface area contributed by atoms with E-state index in [1.807, 2.05) is 0 Å². The summed E-state index contributed by atoms with van der Waals surface area (Å²) in [5, 5.41) is 0. The molecule has 0 aromatic heterocycles. The summed E-state index contributed by atoms with van der Waals surface area (Å²) in [5.41, 5.74) is 4.75. The Labute approximate surface area is 198 Å². The Morgan fingerprint density at radius 3 is 1.21 bits per heavy atom. The third-order valence-corrected chi connectivity index (χ3v) is 6.70. The molecule has 0 radical (unpaired) electrons. The minimum absolute atomic E-state index is 0.296. The lowest BCUT2D eigenvalue weighted by molar-refractivity contribution is -0.119. The zero-order valence-electron chi connectivity index (χ0n) is 20.0. The number of hydrogen-bond donors (Lipinski definition) is 0. The zero-order chi connectivity index (χ0) is 22.9. The van der Waals surface area contributed by atoms with Gasteiger partial charge in [0.2, 0.25) is 0 Å². The molecule has 0 aliphatic carbocycles. The Morgan fingerprint density at radius 1 is 0.606 bits per heavy atom. The molecule has 5 heteroatoms. The second-order valence-electron chi connectivity index (χ2n) is 9.24. The zero-order valence-corrected chi connectivity index (χ0v) is 20.0. The van der Waals surface area contributed by atoms with Crippen molar-refractivity contribution in [2.75, 3.05) is 26.4 Å². The first kappa shape index (κ1) is 24.4. The average molecular weight is 455 g/mol. The maximum absolute atomic E-state index is 6.10. The summed E-state index contributed by atoms with van der Waals surface area (Å²) in [7, 11) is 0. The van der Waals surface area contributed by atoms with Crippen molar-refractivity contribution in [1.82, 2.24) is 0 Å². The van der Waals surface area contributed by atoms with Gasteiger partial charge in [0.05, 0.1) is 65.1 Å². The molecule has 0 saturated carbocycles. The van der Waals surface area contributed by atoms with Gasteiger partial charge in [-0.15, -0.1) is 0 Å². The fraction of sp³-hybridized carbons (Fsp3) is 0.571. The third-order valence-electron chi connectivity index (χ3n) is 6.70. The largest absolute Gasteiger partial charge is 0.380 e. The van der Waals surface area contributed by atoms with Crippen molar-refractivity contribution in [2.24, 2.45) is 11.8 Å². The highest BCUT2D eigenvalue weighted by Gasteiger charge is 2.28. The Kier molecular flexibility index (Phi) is 9.33. The van der Waals surface area contributed by atoms with Crippen LogP contribution in [0.4, 0.5) is 0 Å². The molecular formula is C28H38O5. The molecule has 0 bridgehead atoms. The van der Waals surface area contributed by atoms with Crippen molar-refractivity contribution < 1.29 is 23.7 Å². The predicted octanol–water partition coefficient (Wildman–Crippen LogP) is 5.29. The van der Waals surface area contributed by atoms with Gasteiger partial charge in [-0.1, -0.05) is 62.4 Å². The van der Waals surface area contributed by atoms with E-state index >= 15 is 0 Å². The van der Waals surface area contributed by atoms with E-state index < -0.39 is 0 Å². The number of benzene rings is 2. The van der Waals surface area contributed by atoms with Crippen LogP contribution in [0.25, 0.3) is 0 Å². The fourth-order valence-electron chi connectivity index (χ4n) is 4.27. The van der Waals surface area contributed by atoms with Crippen LogP contribution in [0.15, 0.2) is 48.5 Å². The van der Waals surface area contributed by atoms with Crippen LogP contribution in [0.1, 0.15) is 48.9 Å². The van der Waals surface area contributed by atoms with Crippen LogP contribution in [0.5, 0.6) is 0 Å². The predicted molar refractivity (Wildman–Crippen MR) is 128 cm³/mol. The number of rotatable bonds is 14. The van der Waals surface area contributed by atoms with Gasteiger partial charge in [-0.05, 0) is 35.1 Å². The van der Waals surface area contributed by atoms with Gasteiger partial charge in [-0.2, -0.15) is 0 Å². The van der Waals surface area contributed by atoms with Gasteiger partial charge in [0.25, 0.3) is 0 Å². The Hall–Kier alpha value is -1.76. The Morgan fingerprint density at radius 2 is 0.939 bits per heavy atom. The molecule has 4 rings (SSSR count). The first-order valence-electron chi connectivity index (χ1n) is 12.4. The molecule has 2 atom stereocenters. The van der Waals surface area contributed by atoms with E-state index in [0.29, 0.717) is 50.5 Å². The standard InChI is InChI=1S/C28H38O5/c1-3-27(25-17-30-18-25)32-15-23-9-5-21(6-10-23)13-29-14-22-7-11-24(12-8-22)16-33-28(4-2)26-19-31-20-26/h5-12,25-28H,3-4,13-20H2,1-2H3. The van der Waals surface area contributed by atoms with E-state index in [-0.39, 0.29) is 0 Å².